The normalized spacial score (nSPS) is 45.6. The van der Waals surface area contributed by atoms with Crippen molar-refractivity contribution in [1.82, 2.24) is 0 Å². The Labute approximate surface area is 263 Å². The molecule has 1 saturated heterocycles. The molecule has 4 fully saturated rings. The minimum Gasteiger partial charge on any atom is -0.394 e. The van der Waals surface area contributed by atoms with E-state index in [9.17, 15) is 25.2 Å². The quantitative estimate of drug-likeness (QED) is 0.339. The molecule has 13 atom stereocenters. The highest BCUT2D eigenvalue weighted by atomic mass is 16.5. The van der Waals surface area contributed by atoms with Crippen LogP contribution in [0.25, 0.3) is 0 Å². The van der Waals surface area contributed by atoms with Gasteiger partial charge < -0.3 is 29.9 Å². The van der Waals surface area contributed by atoms with Crippen LogP contribution in [0.4, 0.5) is 0 Å². The van der Waals surface area contributed by atoms with Crippen molar-refractivity contribution in [1.29, 1.82) is 0 Å². The third-order valence-corrected chi connectivity index (χ3v) is 13.7. The minimum atomic E-state index is -1.52. The van der Waals surface area contributed by atoms with Gasteiger partial charge in [0.15, 0.2) is 5.78 Å². The van der Waals surface area contributed by atoms with E-state index in [2.05, 4.69) is 26.0 Å². The van der Waals surface area contributed by atoms with Crippen molar-refractivity contribution < 1.29 is 34.7 Å². The van der Waals surface area contributed by atoms with Crippen LogP contribution in [0.3, 0.4) is 0 Å². The van der Waals surface area contributed by atoms with Gasteiger partial charge in [-0.25, -0.2) is 0 Å². The van der Waals surface area contributed by atoms with E-state index in [1.54, 1.807) is 13.0 Å². The maximum absolute atomic E-state index is 13.9. The maximum Gasteiger partial charge on any atom is 0.159 e. The second-order valence-electron chi connectivity index (χ2n) is 15.7. The van der Waals surface area contributed by atoms with Crippen LogP contribution in [0.5, 0.6) is 0 Å². The van der Waals surface area contributed by atoms with Crippen LogP contribution in [-0.4, -0.2) is 75.0 Å². The molecule has 0 bridgehead atoms. The van der Waals surface area contributed by atoms with Crippen LogP contribution in [0.1, 0.15) is 85.1 Å². The number of allylic oxidation sites excluding steroid dienone is 1. The summed E-state index contributed by atoms with van der Waals surface area (Å²) in [5, 5.41) is 46.1. The zero-order valence-electron chi connectivity index (χ0n) is 27.2. The summed E-state index contributed by atoms with van der Waals surface area (Å²) < 4.78 is 12.4. The first-order chi connectivity index (χ1) is 20.8. The number of aliphatic hydroxyl groups excluding tert-OH is 2. The zero-order chi connectivity index (χ0) is 31.7. The van der Waals surface area contributed by atoms with Gasteiger partial charge in [0, 0.05) is 11.3 Å². The lowest BCUT2D eigenvalue weighted by Gasteiger charge is -2.60. The molecule has 0 radical (unpaired) electrons. The smallest absolute Gasteiger partial charge is 0.159 e. The molecule has 0 amide bonds. The number of ketones is 1. The summed E-state index contributed by atoms with van der Waals surface area (Å²) in [6.07, 6.45) is 5.61. The summed E-state index contributed by atoms with van der Waals surface area (Å²) in [4.78, 5) is 13.9. The third kappa shape index (κ3) is 4.87. The first-order valence-electron chi connectivity index (χ1n) is 17.1. The Kier molecular flexibility index (Phi) is 8.50. The molecule has 6 rings (SSSR count). The molecule has 0 spiro atoms. The van der Waals surface area contributed by atoms with Crippen LogP contribution in [-0.2, 0) is 20.7 Å². The molecule has 0 unspecified atom stereocenters. The van der Waals surface area contributed by atoms with Crippen molar-refractivity contribution in [2.75, 3.05) is 13.2 Å². The number of aliphatic hydroxyl groups is 4. The number of ether oxygens (including phenoxy) is 2. The van der Waals surface area contributed by atoms with E-state index in [0.717, 1.165) is 37.7 Å². The van der Waals surface area contributed by atoms with Crippen molar-refractivity contribution in [3.8, 4) is 0 Å². The Hall–Kier alpha value is -1.61. The van der Waals surface area contributed by atoms with Crippen LogP contribution in [0.2, 0.25) is 0 Å². The van der Waals surface area contributed by atoms with E-state index < -0.39 is 28.8 Å². The van der Waals surface area contributed by atoms with E-state index in [4.69, 9.17) is 9.47 Å². The SMILES string of the molecule is C[C@@H]1[C@@H](C)[C@@H](CO)O[C@@H]1[C@@H](O)[C@@](C)(O)[C@H]1CC[C@@]2(O)C3=CC(=O)[C@@H]4C[C@@H](OCCc5ccccc5)CC[C@]4(C)[C@H]3CC[C@]12C. The third-order valence-electron chi connectivity index (χ3n) is 13.7. The lowest BCUT2D eigenvalue weighted by molar-refractivity contribution is -0.197. The number of rotatable bonds is 8. The molecular weight excluding hydrogens is 556 g/mol. The fraction of sp³-hybridized carbons (Fsp3) is 0.757. The Morgan fingerprint density at radius 3 is 2.45 bits per heavy atom. The number of benzene rings is 1. The number of carbonyl (C=O) groups is 1. The van der Waals surface area contributed by atoms with Crippen LogP contribution in [0.15, 0.2) is 42.0 Å². The van der Waals surface area contributed by atoms with Gasteiger partial charge in [-0.15, -0.1) is 0 Å². The molecule has 244 valence electrons. The molecule has 5 aliphatic rings. The molecule has 0 aromatic heterocycles. The molecule has 7 heteroatoms. The Bertz CT molecular complexity index is 1250. The highest BCUT2D eigenvalue weighted by Crippen LogP contribution is 2.68. The molecular formula is C37H54O7. The van der Waals surface area contributed by atoms with E-state index in [1.807, 2.05) is 32.0 Å². The summed E-state index contributed by atoms with van der Waals surface area (Å²) in [5.74, 6) is -0.287. The molecule has 4 aliphatic carbocycles. The Balaban J connectivity index is 1.20. The molecule has 1 aromatic rings. The molecule has 1 aliphatic heterocycles. The Morgan fingerprint density at radius 1 is 1.05 bits per heavy atom. The zero-order valence-corrected chi connectivity index (χ0v) is 27.2. The summed E-state index contributed by atoms with van der Waals surface area (Å²) in [6, 6.07) is 10.3. The van der Waals surface area contributed by atoms with Gasteiger partial charge in [-0.3, -0.25) is 4.79 Å². The molecule has 44 heavy (non-hydrogen) atoms. The molecule has 1 aromatic carbocycles. The van der Waals surface area contributed by atoms with Gasteiger partial charge in [-0.05, 0) is 105 Å². The fourth-order valence-electron chi connectivity index (χ4n) is 10.6. The van der Waals surface area contributed by atoms with Gasteiger partial charge >= 0.3 is 0 Å². The van der Waals surface area contributed by atoms with Crippen LogP contribution < -0.4 is 0 Å². The molecule has 7 nitrogen and oxygen atoms in total. The molecule has 1 heterocycles. The number of hydrogen-bond donors (Lipinski definition) is 4. The van der Waals surface area contributed by atoms with E-state index in [1.165, 1.54) is 5.56 Å². The molecule has 4 N–H and O–H groups in total. The Morgan fingerprint density at radius 2 is 1.77 bits per heavy atom. The largest absolute Gasteiger partial charge is 0.394 e. The highest BCUT2D eigenvalue weighted by molar-refractivity contribution is 5.95. The fourth-order valence-corrected chi connectivity index (χ4v) is 10.6. The number of carbonyl (C=O) groups excluding carboxylic acids is 1. The van der Waals surface area contributed by atoms with Gasteiger partial charge in [0.2, 0.25) is 0 Å². The van der Waals surface area contributed by atoms with Crippen molar-refractivity contribution in [2.24, 2.45) is 40.4 Å². The van der Waals surface area contributed by atoms with Gasteiger partial charge in [-0.2, -0.15) is 0 Å². The summed E-state index contributed by atoms with van der Waals surface area (Å²) in [5.41, 5.74) is -1.57. The lowest BCUT2D eigenvalue weighted by Crippen LogP contribution is -2.63. The van der Waals surface area contributed by atoms with Crippen molar-refractivity contribution in [3.05, 3.63) is 47.5 Å². The topological polar surface area (TPSA) is 116 Å². The second-order valence-corrected chi connectivity index (χ2v) is 15.7. The summed E-state index contributed by atoms with van der Waals surface area (Å²) in [7, 11) is 0. The summed E-state index contributed by atoms with van der Waals surface area (Å²) in [6.45, 7) is 10.5. The van der Waals surface area contributed by atoms with Gasteiger partial charge in [0.05, 0.1) is 42.7 Å². The van der Waals surface area contributed by atoms with E-state index in [-0.39, 0.29) is 59.6 Å². The number of hydrogen-bond acceptors (Lipinski definition) is 7. The monoisotopic (exact) mass is 610 g/mol. The molecule has 3 saturated carbocycles. The standard InChI is InChI=1S/C37H54O7/c1-22-23(2)32(44-30(22)21-38)33(40)36(5,41)31-13-17-37(42)27-20-29(39)28-19-25(43-18-14-24-9-7-6-8-10-24)11-15-34(28,3)26(27)12-16-35(31,37)4/h6-10,20,22-23,25-26,28,30-33,38,40-42H,11-19,21H2,1-5H3/t22-,23-,25+,26+,28+,30-,31+,32+,33-,34-,35-,36+,37-/m1/s1. The first-order valence-corrected chi connectivity index (χ1v) is 17.1. The van der Waals surface area contributed by atoms with Gasteiger partial charge in [0.25, 0.3) is 0 Å². The predicted octanol–water partition coefficient (Wildman–Crippen LogP) is 4.63. The maximum atomic E-state index is 13.9. The van der Waals surface area contributed by atoms with Crippen molar-refractivity contribution >= 4 is 5.78 Å². The average molecular weight is 611 g/mol. The van der Waals surface area contributed by atoms with E-state index >= 15 is 0 Å². The van der Waals surface area contributed by atoms with E-state index in [0.29, 0.717) is 25.9 Å². The second kappa shape index (κ2) is 11.6. The lowest BCUT2D eigenvalue weighted by atomic mass is 9.46. The average Bonchev–Trinajstić information content (AvgIpc) is 3.45. The number of fused-ring (bicyclic) bond motifs is 5. The van der Waals surface area contributed by atoms with Crippen LogP contribution in [0, 0.1) is 40.4 Å². The first kappa shape index (κ1) is 32.3. The summed E-state index contributed by atoms with van der Waals surface area (Å²) >= 11 is 0. The van der Waals surface area contributed by atoms with Crippen LogP contribution >= 0.6 is 0 Å². The minimum absolute atomic E-state index is 0.0366. The van der Waals surface area contributed by atoms with Gasteiger partial charge in [-0.1, -0.05) is 58.0 Å². The van der Waals surface area contributed by atoms with Crippen molar-refractivity contribution in [3.63, 3.8) is 0 Å². The predicted molar refractivity (Wildman–Crippen MR) is 168 cm³/mol. The highest BCUT2D eigenvalue weighted by Gasteiger charge is 2.69. The van der Waals surface area contributed by atoms with Gasteiger partial charge in [0.1, 0.15) is 6.10 Å². The van der Waals surface area contributed by atoms with Crippen molar-refractivity contribution in [2.45, 2.75) is 122 Å².